The van der Waals surface area contributed by atoms with Crippen molar-refractivity contribution >= 4 is 21.8 Å². The van der Waals surface area contributed by atoms with Crippen LogP contribution in [0.4, 0.5) is 0 Å². The van der Waals surface area contributed by atoms with E-state index in [0.29, 0.717) is 16.7 Å². The van der Waals surface area contributed by atoms with Crippen LogP contribution in [0.1, 0.15) is 32.1 Å². The van der Waals surface area contributed by atoms with Gasteiger partial charge >= 0.3 is 0 Å². The summed E-state index contributed by atoms with van der Waals surface area (Å²) < 4.78 is 0. The zero-order chi connectivity index (χ0) is 12.4. The van der Waals surface area contributed by atoms with Gasteiger partial charge in [0.2, 0.25) is 5.91 Å². The standard InChI is InChI=1S/C15H22BrNO/c1-17(7-8-4-11(16)5-8)15(18)14-12-9-2-3-10(6-9)13(12)14/h8-14H,2-7H2,1H3. The molecule has 1 amide bonds. The average molecular weight is 312 g/mol. The van der Waals surface area contributed by atoms with Crippen molar-refractivity contribution in [1.29, 1.82) is 0 Å². The molecule has 4 aliphatic rings. The molecule has 3 heteroatoms. The van der Waals surface area contributed by atoms with E-state index in [1.807, 2.05) is 11.9 Å². The summed E-state index contributed by atoms with van der Waals surface area (Å²) in [4.78, 5) is 15.3. The molecule has 4 aliphatic carbocycles. The molecule has 4 saturated carbocycles. The Morgan fingerprint density at radius 1 is 1.17 bits per heavy atom. The number of nitrogens with zero attached hydrogens (tertiary/aromatic N) is 1. The summed E-state index contributed by atoms with van der Waals surface area (Å²) in [6, 6.07) is 0. The zero-order valence-electron chi connectivity index (χ0n) is 11.0. The summed E-state index contributed by atoms with van der Waals surface area (Å²) in [7, 11) is 2.03. The number of hydrogen-bond acceptors (Lipinski definition) is 1. The van der Waals surface area contributed by atoms with Crippen LogP contribution in [0.25, 0.3) is 0 Å². The Bertz CT molecular complexity index is 363. The van der Waals surface area contributed by atoms with Crippen molar-refractivity contribution in [3.63, 3.8) is 0 Å². The summed E-state index contributed by atoms with van der Waals surface area (Å²) in [6.45, 7) is 0.992. The Labute approximate surface area is 118 Å². The smallest absolute Gasteiger partial charge is 0.226 e. The molecule has 0 aromatic rings. The minimum Gasteiger partial charge on any atom is -0.345 e. The molecule has 4 unspecified atom stereocenters. The topological polar surface area (TPSA) is 20.3 Å². The number of alkyl halides is 1. The third kappa shape index (κ3) is 1.62. The van der Waals surface area contributed by atoms with Crippen LogP contribution in [-0.2, 0) is 4.79 Å². The molecule has 0 saturated heterocycles. The van der Waals surface area contributed by atoms with E-state index in [9.17, 15) is 4.79 Å². The molecule has 0 aromatic carbocycles. The fourth-order valence-corrected chi connectivity index (χ4v) is 6.25. The van der Waals surface area contributed by atoms with Crippen molar-refractivity contribution in [2.24, 2.45) is 35.5 Å². The molecule has 18 heavy (non-hydrogen) atoms. The summed E-state index contributed by atoms with van der Waals surface area (Å²) >= 11 is 3.63. The van der Waals surface area contributed by atoms with Gasteiger partial charge in [0.25, 0.3) is 0 Å². The maximum absolute atomic E-state index is 12.5. The Hall–Kier alpha value is -0.0500. The van der Waals surface area contributed by atoms with Crippen LogP contribution >= 0.6 is 15.9 Å². The highest BCUT2D eigenvalue weighted by Crippen LogP contribution is 2.69. The predicted octanol–water partition coefficient (Wildman–Crippen LogP) is 2.91. The van der Waals surface area contributed by atoms with Gasteiger partial charge in [0.15, 0.2) is 0 Å². The monoisotopic (exact) mass is 311 g/mol. The molecular formula is C15H22BrNO. The molecule has 0 heterocycles. The third-order valence-electron chi connectivity index (χ3n) is 6.11. The highest BCUT2D eigenvalue weighted by atomic mass is 79.9. The SMILES string of the molecule is CN(CC1CC(Br)C1)C(=O)C1C2C3CCC(C3)C12. The number of carbonyl (C=O) groups excluding carboxylic acids is 1. The molecule has 4 atom stereocenters. The number of fused-ring (bicyclic) bond motifs is 5. The summed E-state index contributed by atoms with van der Waals surface area (Å²) in [5, 5.41) is 0. The van der Waals surface area contributed by atoms with Gasteiger partial charge in [0.1, 0.15) is 0 Å². The molecule has 100 valence electrons. The van der Waals surface area contributed by atoms with E-state index in [0.717, 1.165) is 36.1 Å². The van der Waals surface area contributed by atoms with Crippen molar-refractivity contribution in [2.75, 3.05) is 13.6 Å². The fraction of sp³-hybridized carbons (Fsp3) is 0.933. The van der Waals surface area contributed by atoms with Crippen molar-refractivity contribution in [3.05, 3.63) is 0 Å². The summed E-state index contributed by atoms with van der Waals surface area (Å²) in [5.74, 6) is 5.07. The third-order valence-corrected chi connectivity index (χ3v) is 6.85. The Balaban J connectivity index is 1.34. The van der Waals surface area contributed by atoms with Crippen LogP contribution < -0.4 is 0 Å². The zero-order valence-corrected chi connectivity index (χ0v) is 12.6. The van der Waals surface area contributed by atoms with Gasteiger partial charge in [-0.3, -0.25) is 4.79 Å². The van der Waals surface area contributed by atoms with Gasteiger partial charge < -0.3 is 4.90 Å². The fourth-order valence-electron chi connectivity index (χ4n) is 5.19. The summed E-state index contributed by atoms with van der Waals surface area (Å²) in [6.07, 6.45) is 6.76. The van der Waals surface area contributed by atoms with Gasteiger partial charge in [-0.15, -0.1) is 0 Å². The first-order chi connectivity index (χ1) is 8.65. The minimum absolute atomic E-state index is 0.432. The molecule has 0 radical (unpaired) electrons. The second-order valence-electron chi connectivity index (χ2n) is 7.17. The minimum atomic E-state index is 0.432. The lowest BCUT2D eigenvalue weighted by Gasteiger charge is -2.34. The Morgan fingerprint density at radius 3 is 2.33 bits per heavy atom. The van der Waals surface area contributed by atoms with E-state index in [2.05, 4.69) is 15.9 Å². The van der Waals surface area contributed by atoms with Gasteiger partial charge in [-0.05, 0) is 61.7 Å². The van der Waals surface area contributed by atoms with E-state index >= 15 is 0 Å². The van der Waals surface area contributed by atoms with Gasteiger partial charge in [0.05, 0.1) is 0 Å². The average Bonchev–Trinajstić information content (AvgIpc) is 2.74. The van der Waals surface area contributed by atoms with Crippen molar-refractivity contribution in [2.45, 2.75) is 36.9 Å². The van der Waals surface area contributed by atoms with E-state index < -0.39 is 0 Å². The molecule has 2 nitrogen and oxygen atoms in total. The van der Waals surface area contributed by atoms with Crippen LogP contribution in [-0.4, -0.2) is 29.2 Å². The van der Waals surface area contributed by atoms with E-state index in [4.69, 9.17) is 0 Å². The molecular weight excluding hydrogens is 290 g/mol. The summed E-state index contributed by atoms with van der Waals surface area (Å²) in [5.41, 5.74) is 0. The highest BCUT2D eigenvalue weighted by Gasteiger charge is 2.67. The predicted molar refractivity (Wildman–Crippen MR) is 74.4 cm³/mol. The van der Waals surface area contributed by atoms with Gasteiger partial charge in [-0.2, -0.15) is 0 Å². The number of halogens is 1. The van der Waals surface area contributed by atoms with Crippen molar-refractivity contribution in [3.8, 4) is 0 Å². The second kappa shape index (κ2) is 3.97. The first kappa shape index (κ1) is 11.7. The largest absolute Gasteiger partial charge is 0.345 e. The lowest BCUT2D eigenvalue weighted by molar-refractivity contribution is -0.133. The molecule has 0 aromatic heterocycles. The number of hydrogen-bond donors (Lipinski definition) is 0. The lowest BCUT2D eigenvalue weighted by atomic mass is 9.85. The lowest BCUT2D eigenvalue weighted by Crippen LogP contribution is -2.39. The first-order valence-electron chi connectivity index (χ1n) is 7.54. The quantitative estimate of drug-likeness (QED) is 0.734. The van der Waals surface area contributed by atoms with Crippen LogP contribution in [0, 0.1) is 35.5 Å². The van der Waals surface area contributed by atoms with Gasteiger partial charge in [0, 0.05) is 24.3 Å². The van der Waals surface area contributed by atoms with Crippen molar-refractivity contribution in [1.82, 2.24) is 4.90 Å². The van der Waals surface area contributed by atoms with Gasteiger partial charge in [-0.1, -0.05) is 15.9 Å². The van der Waals surface area contributed by atoms with Gasteiger partial charge in [-0.25, -0.2) is 0 Å². The van der Waals surface area contributed by atoms with E-state index in [1.54, 1.807) is 0 Å². The van der Waals surface area contributed by atoms with E-state index in [-0.39, 0.29) is 0 Å². The van der Waals surface area contributed by atoms with Crippen molar-refractivity contribution < 1.29 is 4.79 Å². The number of amides is 1. The molecule has 2 bridgehead atoms. The highest BCUT2D eigenvalue weighted by molar-refractivity contribution is 9.09. The normalized spacial score (nSPS) is 51.8. The van der Waals surface area contributed by atoms with Crippen LogP contribution in [0.3, 0.4) is 0 Å². The van der Waals surface area contributed by atoms with Crippen LogP contribution in [0.5, 0.6) is 0 Å². The molecule has 0 N–H and O–H groups in total. The molecule has 4 rings (SSSR count). The maximum atomic E-state index is 12.5. The van der Waals surface area contributed by atoms with Crippen LogP contribution in [0.2, 0.25) is 0 Å². The first-order valence-corrected chi connectivity index (χ1v) is 8.45. The number of carbonyl (C=O) groups is 1. The Kier molecular flexibility index (Phi) is 2.59. The molecule has 0 aliphatic heterocycles. The number of rotatable bonds is 3. The Morgan fingerprint density at radius 2 is 1.78 bits per heavy atom. The van der Waals surface area contributed by atoms with E-state index in [1.165, 1.54) is 32.1 Å². The second-order valence-corrected chi connectivity index (χ2v) is 8.46. The maximum Gasteiger partial charge on any atom is 0.226 e. The molecule has 0 spiro atoms. The molecule has 4 fully saturated rings. The van der Waals surface area contributed by atoms with Crippen LogP contribution in [0.15, 0.2) is 0 Å².